The van der Waals surface area contributed by atoms with Gasteiger partial charge in [-0.1, -0.05) is 87.3 Å². The molecule has 0 aliphatic carbocycles. The summed E-state index contributed by atoms with van der Waals surface area (Å²) in [5.41, 5.74) is 6.02. The number of rotatable bonds is 9. The molecule has 178 valence electrons. The van der Waals surface area contributed by atoms with Crippen molar-refractivity contribution in [1.29, 1.82) is 0 Å². The summed E-state index contributed by atoms with van der Waals surface area (Å²) >= 11 is 18.5. The fourth-order valence-electron chi connectivity index (χ4n) is 2.94. The number of nitrogens with one attached hydrogen (secondary N) is 1. The Labute approximate surface area is 229 Å². The molecule has 4 aromatic rings. The minimum absolute atomic E-state index is 0.204. The van der Waals surface area contributed by atoms with Gasteiger partial charge in [-0.25, -0.2) is 10.4 Å². The lowest BCUT2D eigenvalue weighted by molar-refractivity contribution is -0.118. The molecule has 1 amide bonds. The van der Waals surface area contributed by atoms with Crippen LogP contribution in [0.3, 0.4) is 0 Å². The van der Waals surface area contributed by atoms with Crippen molar-refractivity contribution in [3.05, 3.63) is 97.8 Å². The van der Waals surface area contributed by atoms with Crippen LogP contribution < -0.4 is 10.2 Å². The van der Waals surface area contributed by atoms with Crippen LogP contribution in [0.5, 0.6) is 5.75 Å². The van der Waals surface area contributed by atoms with Gasteiger partial charge in [0.15, 0.2) is 4.34 Å². The predicted octanol–water partition coefficient (Wildman–Crippen LogP) is 7.70. The van der Waals surface area contributed by atoms with Crippen LogP contribution in [0.15, 0.2) is 86.0 Å². The van der Waals surface area contributed by atoms with Gasteiger partial charge in [-0.15, -0.1) is 11.3 Å². The van der Waals surface area contributed by atoms with Crippen molar-refractivity contribution in [1.82, 2.24) is 10.4 Å². The summed E-state index contributed by atoms with van der Waals surface area (Å²) in [6, 6.07) is 20.7. The Bertz CT molecular complexity index is 1350. The second-order valence-electron chi connectivity index (χ2n) is 7.15. The first-order chi connectivity index (χ1) is 17.0. The number of hydrazone groups is 1. The Kier molecular flexibility index (Phi) is 9.23. The molecule has 0 atom stereocenters. The van der Waals surface area contributed by atoms with E-state index in [1.54, 1.807) is 18.3 Å². The summed E-state index contributed by atoms with van der Waals surface area (Å²) in [6.45, 7) is 0.264. The number of hydrogen-bond donors (Lipinski definition) is 1. The fraction of sp³-hybridized carbons (Fsp3) is 0.0800. The second-order valence-corrected chi connectivity index (χ2v) is 11.0. The lowest BCUT2D eigenvalue weighted by Crippen LogP contribution is -2.19. The maximum absolute atomic E-state index is 12.3. The zero-order valence-electron chi connectivity index (χ0n) is 18.1. The van der Waals surface area contributed by atoms with Crippen molar-refractivity contribution >= 4 is 74.4 Å². The molecular weight excluding hydrogens is 589 g/mol. The summed E-state index contributed by atoms with van der Waals surface area (Å²) in [5, 5.41) is 7.18. The van der Waals surface area contributed by atoms with E-state index in [4.69, 9.17) is 27.9 Å². The first-order valence-corrected chi connectivity index (χ1v) is 13.7. The first-order valence-electron chi connectivity index (χ1n) is 10.3. The highest BCUT2D eigenvalue weighted by atomic mass is 79.9. The highest BCUT2D eigenvalue weighted by Crippen LogP contribution is 2.28. The number of aromatic nitrogens is 1. The molecule has 0 fully saturated rings. The molecule has 0 radical (unpaired) electrons. The van der Waals surface area contributed by atoms with Crippen LogP contribution in [-0.4, -0.2) is 22.9 Å². The number of thioether (sulfide) groups is 1. The number of nitrogens with zero attached hydrogens (tertiary/aromatic N) is 2. The van der Waals surface area contributed by atoms with Crippen molar-refractivity contribution in [3.63, 3.8) is 0 Å². The predicted molar refractivity (Wildman–Crippen MR) is 149 cm³/mol. The Morgan fingerprint density at radius 3 is 2.77 bits per heavy atom. The first kappa shape index (κ1) is 25.7. The van der Waals surface area contributed by atoms with Crippen molar-refractivity contribution in [2.24, 2.45) is 5.10 Å². The van der Waals surface area contributed by atoms with Crippen molar-refractivity contribution < 1.29 is 9.53 Å². The van der Waals surface area contributed by atoms with Crippen molar-refractivity contribution in [2.45, 2.75) is 10.9 Å². The number of amides is 1. The van der Waals surface area contributed by atoms with Crippen LogP contribution in [0.25, 0.3) is 11.3 Å². The molecule has 0 saturated heterocycles. The molecule has 0 aliphatic rings. The molecule has 0 bridgehead atoms. The van der Waals surface area contributed by atoms with E-state index in [0.717, 1.165) is 25.6 Å². The molecule has 1 aromatic heterocycles. The smallest absolute Gasteiger partial charge is 0.250 e. The van der Waals surface area contributed by atoms with Gasteiger partial charge in [-0.3, -0.25) is 4.79 Å². The number of carbonyl (C=O) groups excluding carboxylic acids is 1. The van der Waals surface area contributed by atoms with Crippen LogP contribution in [0.4, 0.5) is 0 Å². The molecular formula is C25H18BrCl2N3O2S2. The number of halogens is 3. The average Bonchev–Trinajstić information content (AvgIpc) is 3.33. The Morgan fingerprint density at radius 2 is 1.97 bits per heavy atom. The Hall–Kier alpha value is -2.36. The highest BCUT2D eigenvalue weighted by molar-refractivity contribution is 9.10. The molecule has 0 spiro atoms. The number of hydrogen-bond acceptors (Lipinski definition) is 6. The molecule has 4 rings (SSSR count). The number of benzene rings is 3. The molecule has 35 heavy (non-hydrogen) atoms. The zero-order valence-corrected chi connectivity index (χ0v) is 22.8. The Balaban J connectivity index is 1.32. The van der Waals surface area contributed by atoms with E-state index in [0.29, 0.717) is 21.4 Å². The van der Waals surface area contributed by atoms with Gasteiger partial charge < -0.3 is 4.74 Å². The largest absolute Gasteiger partial charge is 0.488 e. The third-order valence-corrected chi connectivity index (χ3v) is 7.74. The van der Waals surface area contributed by atoms with Gasteiger partial charge in [0, 0.05) is 36.6 Å². The summed E-state index contributed by atoms with van der Waals surface area (Å²) in [5.74, 6) is 0.576. The molecule has 0 saturated carbocycles. The molecule has 0 unspecified atom stereocenters. The van der Waals surface area contributed by atoms with Crippen LogP contribution in [0.1, 0.15) is 11.1 Å². The SMILES string of the molecule is O=C(CSc1nc(-c2ccccc2)cs1)N/N=C/c1cc(Br)ccc1OCc1ccc(Cl)cc1Cl. The van der Waals surface area contributed by atoms with E-state index >= 15 is 0 Å². The monoisotopic (exact) mass is 605 g/mol. The molecule has 0 aliphatic heterocycles. The number of thiazole rings is 1. The molecule has 10 heteroatoms. The highest BCUT2D eigenvalue weighted by Gasteiger charge is 2.09. The Morgan fingerprint density at radius 1 is 1.14 bits per heavy atom. The third-order valence-electron chi connectivity index (χ3n) is 4.64. The fourth-order valence-corrected chi connectivity index (χ4v) is 5.41. The van der Waals surface area contributed by atoms with Crippen molar-refractivity contribution in [3.8, 4) is 17.0 Å². The van der Waals surface area contributed by atoms with Crippen LogP contribution in [0, 0.1) is 0 Å². The van der Waals surface area contributed by atoms with Crippen LogP contribution >= 0.6 is 62.2 Å². The zero-order chi connectivity index (χ0) is 24.6. The molecule has 1 heterocycles. The van der Waals surface area contributed by atoms with Crippen LogP contribution in [-0.2, 0) is 11.4 Å². The maximum atomic E-state index is 12.3. The molecule has 1 N–H and O–H groups in total. The topological polar surface area (TPSA) is 63.6 Å². The van der Waals surface area contributed by atoms with Gasteiger partial charge in [-0.2, -0.15) is 5.10 Å². The summed E-state index contributed by atoms with van der Waals surface area (Å²) in [6.07, 6.45) is 1.54. The molecule has 5 nitrogen and oxygen atoms in total. The minimum atomic E-state index is -0.229. The normalized spacial score (nSPS) is 11.1. The quantitative estimate of drug-likeness (QED) is 0.120. The van der Waals surface area contributed by atoms with Gasteiger partial charge in [-0.05, 0) is 30.3 Å². The van der Waals surface area contributed by atoms with Crippen molar-refractivity contribution in [2.75, 3.05) is 5.75 Å². The lowest BCUT2D eigenvalue weighted by Gasteiger charge is -2.11. The van der Waals surface area contributed by atoms with Gasteiger partial charge in [0.1, 0.15) is 12.4 Å². The summed E-state index contributed by atoms with van der Waals surface area (Å²) < 4.78 is 7.62. The van der Waals surface area contributed by atoms with E-state index in [1.165, 1.54) is 23.1 Å². The third kappa shape index (κ3) is 7.56. The number of ether oxygens (including phenoxy) is 1. The minimum Gasteiger partial charge on any atom is -0.488 e. The van der Waals surface area contributed by atoms with Gasteiger partial charge in [0.05, 0.1) is 17.7 Å². The van der Waals surface area contributed by atoms with E-state index in [1.807, 2.05) is 60.0 Å². The van der Waals surface area contributed by atoms with E-state index in [-0.39, 0.29) is 18.3 Å². The van der Waals surface area contributed by atoms with E-state index < -0.39 is 0 Å². The summed E-state index contributed by atoms with van der Waals surface area (Å²) in [7, 11) is 0. The van der Waals surface area contributed by atoms with E-state index in [2.05, 4.69) is 31.4 Å². The second kappa shape index (κ2) is 12.6. The summed E-state index contributed by atoms with van der Waals surface area (Å²) in [4.78, 5) is 16.9. The standard InChI is InChI=1S/C25H18BrCl2N3O2S2/c26-19-7-9-23(33-13-17-6-8-20(27)11-21(17)28)18(10-19)12-29-31-24(32)15-35-25-30-22(14-34-25)16-4-2-1-3-5-16/h1-12,14H,13,15H2,(H,31,32)/b29-12+. The lowest BCUT2D eigenvalue weighted by atomic mass is 10.2. The molecule has 3 aromatic carbocycles. The number of carbonyl (C=O) groups is 1. The van der Waals surface area contributed by atoms with Gasteiger partial charge >= 0.3 is 0 Å². The van der Waals surface area contributed by atoms with Gasteiger partial charge in [0.25, 0.3) is 5.91 Å². The van der Waals surface area contributed by atoms with Crippen LogP contribution in [0.2, 0.25) is 10.0 Å². The maximum Gasteiger partial charge on any atom is 0.250 e. The van der Waals surface area contributed by atoms with E-state index in [9.17, 15) is 4.79 Å². The average molecular weight is 607 g/mol. The van der Waals surface area contributed by atoms with Gasteiger partial charge in [0.2, 0.25) is 0 Å².